The predicted octanol–water partition coefficient (Wildman–Crippen LogP) is 0.959. The molecule has 2 unspecified atom stereocenters. The van der Waals surface area contributed by atoms with E-state index in [1.54, 1.807) is 36.4 Å². The van der Waals surface area contributed by atoms with Gasteiger partial charge in [-0.15, -0.1) is 0 Å². The fourth-order valence-corrected chi connectivity index (χ4v) is 3.73. The first kappa shape index (κ1) is 22.3. The van der Waals surface area contributed by atoms with Crippen LogP contribution in [0.25, 0.3) is 22.1 Å². The summed E-state index contributed by atoms with van der Waals surface area (Å²) in [7, 11) is 1.48. The molecule has 1 aromatic heterocycles. The molecule has 1 aliphatic rings. The van der Waals surface area contributed by atoms with Crippen molar-refractivity contribution < 1.29 is 48.7 Å². The number of aliphatic hydroxyl groups excluding tert-OH is 1. The van der Waals surface area contributed by atoms with Gasteiger partial charge in [0.2, 0.25) is 11.5 Å². The lowest BCUT2D eigenvalue weighted by molar-refractivity contribution is -0.894. The van der Waals surface area contributed by atoms with Crippen molar-refractivity contribution in [3.63, 3.8) is 0 Å². The van der Waals surface area contributed by atoms with Crippen LogP contribution >= 0.6 is 0 Å². The number of para-hydroxylation sites is 2. The first-order chi connectivity index (χ1) is 15.3. The van der Waals surface area contributed by atoms with E-state index in [0.717, 1.165) is 9.46 Å². The van der Waals surface area contributed by atoms with E-state index < -0.39 is 11.9 Å². The molecule has 3 N–H and O–H groups in total. The van der Waals surface area contributed by atoms with Crippen LogP contribution in [0.1, 0.15) is 13.8 Å². The van der Waals surface area contributed by atoms with Gasteiger partial charge >= 0.3 is 22.1 Å². The van der Waals surface area contributed by atoms with Crippen molar-refractivity contribution in [2.24, 2.45) is 0 Å². The van der Waals surface area contributed by atoms with E-state index in [1.165, 1.54) is 7.11 Å². The van der Waals surface area contributed by atoms with E-state index in [-0.39, 0.29) is 30.6 Å². The van der Waals surface area contributed by atoms with Crippen molar-refractivity contribution in [2.45, 2.75) is 31.8 Å². The molecule has 3 aromatic rings. The number of aliphatic hydroxyl groups is 1. The van der Waals surface area contributed by atoms with Crippen molar-refractivity contribution in [1.82, 2.24) is 0 Å². The quantitative estimate of drug-likeness (QED) is 0.265. The highest BCUT2D eigenvalue weighted by Gasteiger charge is 2.35. The summed E-state index contributed by atoms with van der Waals surface area (Å²) in [6, 6.07) is 9.96. The maximum Gasteiger partial charge on any atom is 0.375 e. The minimum absolute atomic E-state index is 0.0459. The Morgan fingerprint density at radius 3 is 2.25 bits per heavy atom. The molecule has 1 aliphatic heterocycles. The second kappa shape index (κ2) is 8.91. The van der Waals surface area contributed by atoms with Crippen LogP contribution in [0.4, 0.5) is 0 Å². The highest BCUT2D eigenvalue weighted by molar-refractivity contribution is 5.82. The van der Waals surface area contributed by atoms with E-state index in [9.17, 15) is 15.5 Å². The number of methoxy groups -OCH3 is 1. The number of benzene rings is 2. The van der Waals surface area contributed by atoms with Crippen molar-refractivity contribution >= 4 is 22.1 Å². The number of rotatable bonds is 8. The molecular formula is C22H28N2O8+2. The molecule has 2 atom stereocenters. The van der Waals surface area contributed by atoms with E-state index in [4.69, 9.17) is 23.7 Å². The fourth-order valence-electron chi connectivity index (χ4n) is 3.73. The van der Waals surface area contributed by atoms with E-state index in [1.807, 2.05) is 13.8 Å². The number of nitrogens with zero attached hydrogens (tertiary/aromatic N) is 2. The van der Waals surface area contributed by atoms with Crippen LogP contribution in [0, 0.1) is 0 Å². The number of hydrogen-bond donors (Lipinski definition) is 3. The molecular weight excluding hydrogens is 420 g/mol. The Balaban J connectivity index is 1.48. The summed E-state index contributed by atoms with van der Waals surface area (Å²) in [6.45, 7) is 4.37. The highest BCUT2D eigenvalue weighted by atomic mass is 16.7. The SMILES string of the molecule is COc1cccc2c1[n+](O)c1cccc(OCC(O)COCC3COC(C)(C)O3)c1[n+]2O. The van der Waals surface area contributed by atoms with Gasteiger partial charge in [-0.1, -0.05) is 12.1 Å². The van der Waals surface area contributed by atoms with Crippen LogP contribution in [-0.2, 0) is 14.2 Å². The van der Waals surface area contributed by atoms with Crippen LogP contribution in [-0.4, -0.2) is 67.1 Å². The highest BCUT2D eigenvalue weighted by Crippen LogP contribution is 2.26. The van der Waals surface area contributed by atoms with Crippen LogP contribution in [0.3, 0.4) is 0 Å². The molecule has 0 saturated carbocycles. The van der Waals surface area contributed by atoms with Crippen LogP contribution in [0.5, 0.6) is 11.5 Å². The second-order valence-corrected chi connectivity index (χ2v) is 8.03. The minimum atomic E-state index is -0.908. The zero-order valence-corrected chi connectivity index (χ0v) is 18.2. The monoisotopic (exact) mass is 448 g/mol. The molecule has 2 aromatic carbocycles. The molecule has 0 radical (unpaired) electrons. The molecule has 0 spiro atoms. The maximum absolute atomic E-state index is 10.8. The summed E-state index contributed by atoms with van der Waals surface area (Å²) in [6.07, 6.45) is -1.09. The molecule has 32 heavy (non-hydrogen) atoms. The van der Waals surface area contributed by atoms with Crippen molar-refractivity contribution in [1.29, 1.82) is 0 Å². The molecule has 4 rings (SSSR count). The third kappa shape index (κ3) is 4.35. The van der Waals surface area contributed by atoms with E-state index >= 15 is 0 Å². The van der Waals surface area contributed by atoms with Gasteiger partial charge in [0, 0.05) is 21.6 Å². The molecule has 0 amide bonds. The zero-order chi connectivity index (χ0) is 22.9. The third-order valence-corrected chi connectivity index (χ3v) is 5.17. The van der Waals surface area contributed by atoms with E-state index in [2.05, 4.69) is 0 Å². The number of hydrogen-bond acceptors (Lipinski definition) is 8. The second-order valence-electron chi connectivity index (χ2n) is 8.03. The molecule has 10 nitrogen and oxygen atoms in total. The van der Waals surface area contributed by atoms with Gasteiger partial charge in [0.05, 0.1) is 26.9 Å². The van der Waals surface area contributed by atoms with Gasteiger partial charge in [0.25, 0.3) is 0 Å². The Morgan fingerprint density at radius 1 is 1.03 bits per heavy atom. The lowest BCUT2D eigenvalue weighted by Crippen LogP contribution is -2.43. The standard InChI is InChI=1S/C22H28N2O8/c1-22(2)31-13-15(32-22)12-29-10-14(25)11-30-19-9-5-7-17-21(19)24(27)16-6-4-8-18(28-3)20(16)23(17)26/h4-9,14-15,25-27H,10-13H2,1-3H3/q+2. The van der Waals surface area contributed by atoms with E-state index in [0.29, 0.717) is 35.5 Å². The summed E-state index contributed by atoms with van der Waals surface area (Å²) >= 11 is 0. The lowest BCUT2D eigenvalue weighted by Gasteiger charge is -2.17. The van der Waals surface area contributed by atoms with Gasteiger partial charge in [-0.25, -0.2) is 0 Å². The van der Waals surface area contributed by atoms with Crippen molar-refractivity contribution in [3.8, 4) is 11.5 Å². The summed E-state index contributed by atoms with van der Waals surface area (Å²) < 4.78 is 29.6. The maximum atomic E-state index is 10.8. The number of ether oxygens (including phenoxy) is 5. The first-order valence-electron chi connectivity index (χ1n) is 10.3. The Morgan fingerprint density at radius 2 is 1.66 bits per heavy atom. The molecule has 10 heteroatoms. The predicted molar refractivity (Wildman–Crippen MR) is 110 cm³/mol. The molecule has 0 bridgehead atoms. The van der Waals surface area contributed by atoms with Crippen LogP contribution < -0.4 is 18.9 Å². The van der Waals surface area contributed by atoms with Gasteiger partial charge in [-0.2, -0.15) is 0 Å². The third-order valence-electron chi connectivity index (χ3n) is 5.17. The smallest absolute Gasteiger partial charge is 0.375 e. The molecule has 0 aliphatic carbocycles. The van der Waals surface area contributed by atoms with Crippen LogP contribution in [0.2, 0.25) is 0 Å². The van der Waals surface area contributed by atoms with Crippen molar-refractivity contribution in [3.05, 3.63) is 36.4 Å². The topological polar surface area (TPSA) is 115 Å². The lowest BCUT2D eigenvalue weighted by atomic mass is 10.2. The Bertz CT molecular complexity index is 1120. The summed E-state index contributed by atoms with van der Waals surface area (Å²) in [5.74, 6) is 0.0566. The molecule has 1 fully saturated rings. The Kier molecular flexibility index (Phi) is 6.20. The fraction of sp³-hybridized carbons (Fsp3) is 0.455. The van der Waals surface area contributed by atoms with Gasteiger partial charge < -0.3 is 28.8 Å². The van der Waals surface area contributed by atoms with Gasteiger partial charge in [0.15, 0.2) is 5.79 Å². The molecule has 1 saturated heterocycles. The number of aromatic nitrogens is 2. The minimum Gasteiger partial charge on any atom is -0.490 e. The normalized spacial score (nSPS) is 18.8. The van der Waals surface area contributed by atoms with Crippen LogP contribution in [0.15, 0.2) is 36.4 Å². The molecule has 2 heterocycles. The van der Waals surface area contributed by atoms with Crippen molar-refractivity contribution in [2.75, 3.05) is 33.5 Å². The Hall–Kier alpha value is -2.92. The summed E-state index contributed by atoms with van der Waals surface area (Å²) in [5, 5.41) is 31.9. The average molecular weight is 448 g/mol. The average Bonchev–Trinajstić information content (AvgIpc) is 3.13. The summed E-state index contributed by atoms with van der Waals surface area (Å²) in [5.41, 5.74) is 1.16. The first-order valence-corrected chi connectivity index (χ1v) is 10.3. The largest absolute Gasteiger partial charge is 0.490 e. The zero-order valence-electron chi connectivity index (χ0n) is 18.2. The summed E-state index contributed by atoms with van der Waals surface area (Å²) in [4.78, 5) is 0. The molecule has 172 valence electrons. The van der Waals surface area contributed by atoms with Gasteiger partial charge in [-0.3, -0.25) is 10.4 Å². The van der Waals surface area contributed by atoms with Gasteiger partial charge in [-0.05, 0) is 26.0 Å². The number of fused-ring (bicyclic) bond motifs is 2. The Labute approximate surface area is 184 Å². The van der Waals surface area contributed by atoms with Gasteiger partial charge in [0.1, 0.15) is 18.8 Å².